The van der Waals surface area contributed by atoms with Crippen LogP contribution >= 0.6 is 0 Å². The Morgan fingerprint density at radius 2 is 2.21 bits per heavy atom. The number of H-pyrrole nitrogens is 1. The molecular weight excluding hydrogens is 264 g/mol. The van der Waals surface area contributed by atoms with Gasteiger partial charge in [0.05, 0.1) is 16.8 Å². The SMILES string of the molecule is O=S(=O)(Nc1cn[nH]c1)c1ccc2c(c1)NCCC2. The summed E-state index contributed by atoms with van der Waals surface area (Å²) in [4.78, 5) is 0.252. The Bertz CT molecular complexity index is 680. The summed E-state index contributed by atoms with van der Waals surface area (Å²) < 4.78 is 26.9. The molecule has 1 aliphatic heterocycles. The van der Waals surface area contributed by atoms with E-state index in [4.69, 9.17) is 0 Å². The molecular formula is C12H14N4O2S. The number of sulfonamides is 1. The molecule has 3 N–H and O–H groups in total. The van der Waals surface area contributed by atoms with Gasteiger partial charge in [0, 0.05) is 18.4 Å². The molecule has 100 valence electrons. The molecule has 6 nitrogen and oxygen atoms in total. The molecule has 0 spiro atoms. The number of aromatic nitrogens is 2. The van der Waals surface area contributed by atoms with Crippen molar-refractivity contribution in [3.05, 3.63) is 36.2 Å². The number of nitrogens with one attached hydrogen (secondary N) is 3. The van der Waals surface area contributed by atoms with E-state index in [2.05, 4.69) is 20.2 Å². The number of aryl methyl sites for hydroxylation is 1. The lowest BCUT2D eigenvalue weighted by molar-refractivity contribution is 0.601. The lowest BCUT2D eigenvalue weighted by atomic mass is 10.0. The summed E-state index contributed by atoms with van der Waals surface area (Å²) in [7, 11) is -3.57. The molecule has 3 rings (SSSR count). The van der Waals surface area contributed by atoms with Crippen LogP contribution in [0.2, 0.25) is 0 Å². The summed E-state index contributed by atoms with van der Waals surface area (Å²) in [5.41, 5.74) is 2.49. The van der Waals surface area contributed by atoms with Gasteiger partial charge in [0.2, 0.25) is 0 Å². The van der Waals surface area contributed by atoms with Crippen molar-refractivity contribution in [1.29, 1.82) is 0 Å². The van der Waals surface area contributed by atoms with Gasteiger partial charge >= 0.3 is 0 Å². The van der Waals surface area contributed by atoms with Crippen LogP contribution in [0.1, 0.15) is 12.0 Å². The summed E-state index contributed by atoms with van der Waals surface area (Å²) in [6, 6.07) is 5.18. The summed E-state index contributed by atoms with van der Waals surface area (Å²) in [6.45, 7) is 0.881. The third kappa shape index (κ3) is 2.41. The van der Waals surface area contributed by atoms with Gasteiger partial charge in [-0.15, -0.1) is 0 Å². The number of fused-ring (bicyclic) bond motifs is 1. The maximum absolute atomic E-state index is 12.2. The first-order valence-electron chi connectivity index (χ1n) is 6.03. The zero-order valence-corrected chi connectivity index (χ0v) is 11.0. The number of anilines is 2. The van der Waals surface area contributed by atoms with Crippen molar-refractivity contribution in [2.24, 2.45) is 0 Å². The average molecular weight is 278 g/mol. The van der Waals surface area contributed by atoms with Gasteiger partial charge in [-0.25, -0.2) is 8.42 Å². The van der Waals surface area contributed by atoms with Gasteiger partial charge < -0.3 is 5.32 Å². The third-order valence-corrected chi connectivity index (χ3v) is 4.46. The summed E-state index contributed by atoms with van der Waals surface area (Å²) in [6.07, 6.45) is 4.98. The van der Waals surface area contributed by atoms with Gasteiger partial charge in [0.25, 0.3) is 10.0 Å². The van der Waals surface area contributed by atoms with Crippen LogP contribution in [0, 0.1) is 0 Å². The highest BCUT2D eigenvalue weighted by Crippen LogP contribution is 2.26. The molecule has 2 heterocycles. The van der Waals surface area contributed by atoms with E-state index in [9.17, 15) is 8.42 Å². The molecule has 1 aliphatic rings. The van der Waals surface area contributed by atoms with Crippen molar-refractivity contribution in [2.75, 3.05) is 16.6 Å². The molecule has 2 aromatic rings. The number of benzene rings is 1. The number of rotatable bonds is 3. The molecule has 0 aliphatic carbocycles. The largest absolute Gasteiger partial charge is 0.385 e. The maximum Gasteiger partial charge on any atom is 0.262 e. The van der Waals surface area contributed by atoms with Gasteiger partial charge in [0.15, 0.2) is 0 Å². The maximum atomic E-state index is 12.2. The molecule has 1 aromatic heterocycles. The standard InChI is InChI=1S/C12H14N4O2S/c17-19(18,16-10-7-14-15-8-10)11-4-3-9-2-1-5-13-12(9)6-11/h3-4,6-8,13,16H,1-2,5H2,(H,14,15). The second-order valence-corrected chi connectivity index (χ2v) is 6.12. The molecule has 0 saturated heterocycles. The van der Waals surface area contributed by atoms with Gasteiger partial charge in [-0.2, -0.15) is 5.10 Å². The highest BCUT2D eigenvalue weighted by Gasteiger charge is 2.17. The van der Waals surface area contributed by atoms with Crippen molar-refractivity contribution in [3.8, 4) is 0 Å². The molecule has 0 amide bonds. The number of hydrogen-bond acceptors (Lipinski definition) is 4. The molecule has 1 aromatic carbocycles. The van der Waals surface area contributed by atoms with E-state index in [-0.39, 0.29) is 4.90 Å². The first-order chi connectivity index (χ1) is 9.15. The van der Waals surface area contributed by atoms with Gasteiger partial charge in [-0.1, -0.05) is 6.07 Å². The van der Waals surface area contributed by atoms with Crippen LogP contribution in [0.4, 0.5) is 11.4 Å². The Morgan fingerprint density at radius 1 is 1.32 bits per heavy atom. The zero-order valence-electron chi connectivity index (χ0n) is 10.2. The Balaban J connectivity index is 1.93. The lowest BCUT2D eigenvalue weighted by Gasteiger charge is -2.18. The monoisotopic (exact) mass is 278 g/mol. The van der Waals surface area contributed by atoms with E-state index in [0.717, 1.165) is 30.6 Å². The highest BCUT2D eigenvalue weighted by atomic mass is 32.2. The molecule has 0 atom stereocenters. The minimum Gasteiger partial charge on any atom is -0.385 e. The zero-order chi connectivity index (χ0) is 13.3. The highest BCUT2D eigenvalue weighted by molar-refractivity contribution is 7.92. The summed E-state index contributed by atoms with van der Waals surface area (Å²) in [5.74, 6) is 0. The third-order valence-electron chi connectivity index (χ3n) is 3.08. The van der Waals surface area contributed by atoms with Crippen LogP contribution in [0.3, 0.4) is 0 Å². The molecule has 0 saturated carbocycles. The summed E-state index contributed by atoms with van der Waals surface area (Å²) in [5, 5.41) is 9.49. The van der Waals surface area contributed by atoms with Crippen molar-refractivity contribution < 1.29 is 8.42 Å². The van der Waals surface area contributed by atoms with Crippen LogP contribution < -0.4 is 10.0 Å². The van der Waals surface area contributed by atoms with E-state index >= 15 is 0 Å². The number of hydrogen-bond donors (Lipinski definition) is 3. The Hall–Kier alpha value is -2.02. The van der Waals surface area contributed by atoms with Crippen LogP contribution in [0.25, 0.3) is 0 Å². The quantitative estimate of drug-likeness (QED) is 0.795. The molecule has 0 unspecified atom stereocenters. The predicted molar refractivity (Wildman–Crippen MR) is 72.6 cm³/mol. The predicted octanol–water partition coefficient (Wildman–Crippen LogP) is 1.57. The van der Waals surface area contributed by atoms with E-state index in [1.807, 2.05) is 6.07 Å². The first-order valence-corrected chi connectivity index (χ1v) is 7.52. The van der Waals surface area contributed by atoms with Crippen LogP contribution in [0.15, 0.2) is 35.5 Å². The molecule has 7 heteroatoms. The Kier molecular flexibility index (Phi) is 2.90. The minimum atomic E-state index is -3.57. The summed E-state index contributed by atoms with van der Waals surface area (Å²) >= 11 is 0. The number of aromatic amines is 1. The van der Waals surface area contributed by atoms with E-state index < -0.39 is 10.0 Å². The van der Waals surface area contributed by atoms with Crippen molar-refractivity contribution in [3.63, 3.8) is 0 Å². The molecule has 19 heavy (non-hydrogen) atoms. The van der Waals surface area contributed by atoms with Crippen LogP contribution in [-0.4, -0.2) is 25.2 Å². The second-order valence-electron chi connectivity index (χ2n) is 4.44. The van der Waals surface area contributed by atoms with Crippen molar-refractivity contribution in [2.45, 2.75) is 17.7 Å². The average Bonchev–Trinajstić information content (AvgIpc) is 2.90. The first kappa shape index (κ1) is 12.0. The van der Waals surface area contributed by atoms with Crippen LogP contribution in [0.5, 0.6) is 0 Å². The fraction of sp³-hybridized carbons (Fsp3) is 0.250. The smallest absolute Gasteiger partial charge is 0.262 e. The second kappa shape index (κ2) is 4.58. The van der Waals surface area contributed by atoms with E-state index in [0.29, 0.717) is 5.69 Å². The van der Waals surface area contributed by atoms with Gasteiger partial charge in [-0.05, 0) is 30.5 Å². The number of nitrogens with zero attached hydrogens (tertiary/aromatic N) is 1. The fourth-order valence-electron chi connectivity index (χ4n) is 2.13. The van der Waals surface area contributed by atoms with E-state index in [1.54, 1.807) is 12.1 Å². The lowest BCUT2D eigenvalue weighted by Crippen LogP contribution is -2.15. The fourth-order valence-corrected chi connectivity index (χ4v) is 3.19. The van der Waals surface area contributed by atoms with Crippen molar-refractivity contribution in [1.82, 2.24) is 10.2 Å². The van der Waals surface area contributed by atoms with Gasteiger partial charge in [-0.3, -0.25) is 9.82 Å². The Labute approximate surface area is 111 Å². The van der Waals surface area contributed by atoms with Gasteiger partial charge in [0.1, 0.15) is 0 Å². The van der Waals surface area contributed by atoms with Crippen LogP contribution in [-0.2, 0) is 16.4 Å². The van der Waals surface area contributed by atoms with E-state index in [1.165, 1.54) is 12.4 Å². The topological polar surface area (TPSA) is 86.9 Å². The normalized spacial score (nSPS) is 14.5. The van der Waals surface area contributed by atoms with Crippen molar-refractivity contribution >= 4 is 21.4 Å². The molecule has 0 bridgehead atoms. The molecule has 0 radical (unpaired) electrons. The Morgan fingerprint density at radius 3 is 3.00 bits per heavy atom. The minimum absolute atomic E-state index is 0.252. The molecule has 0 fully saturated rings.